The van der Waals surface area contributed by atoms with Crippen LogP contribution in [0.25, 0.3) is 10.8 Å². The van der Waals surface area contributed by atoms with Crippen molar-refractivity contribution >= 4 is 22.6 Å². The van der Waals surface area contributed by atoms with Crippen molar-refractivity contribution in [2.24, 2.45) is 16.5 Å². The van der Waals surface area contributed by atoms with Gasteiger partial charge in [0.05, 0.1) is 0 Å². The third-order valence-electron chi connectivity index (χ3n) is 3.41. The van der Waals surface area contributed by atoms with Gasteiger partial charge in [-0.3, -0.25) is 4.79 Å². The first-order chi connectivity index (χ1) is 9.15. The number of fused-ring (bicyclic) bond motifs is 1. The minimum atomic E-state index is -0.396. The quantitative estimate of drug-likeness (QED) is 0.635. The molecule has 2 aromatic carbocycles. The van der Waals surface area contributed by atoms with Crippen molar-refractivity contribution < 1.29 is 4.79 Å². The number of hydrogen-bond donors (Lipinski definition) is 2. The molecule has 0 aliphatic heterocycles. The van der Waals surface area contributed by atoms with Crippen molar-refractivity contribution in [2.75, 3.05) is 0 Å². The maximum atomic E-state index is 11.8. The highest BCUT2D eigenvalue weighted by Gasteiger charge is 2.25. The van der Waals surface area contributed by atoms with E-state index in [4.69, 9.17) is 11.5 Å². The van der Waals surface area contributed by atoms with Crippen LogP contribution in [-0.4, -0.2) is 11.9 Å². The van der Waals surface area contributed by atoms with E-state index in [0.29, 0.717) is 11.5 Å². The molecule has 1 amide bonds. The van der Waals surface area contributed by atoms with Crippen LogP contribution in [-0.2, 0) is 0 Å². The van der Waals surface area contributed by atoms with Gasteiger partial charge < -0.3 is 11.5 Å². The number of benzene rings is 2. The number of guanidine groups is 1. The van der Waals surface area contributed by atoms with Gasteiger partial charge in [-0.05, 0) is 47.2 Å². The fourth-order valence-corrected chi connectivity index (χ4v) is 2.36. The van der Waals surface area contributed by atoms with Gasteiger partial charge in [0.2, 0.25) is 0 Å². The zero-order chi connectivity index (χ0) is 13.4. The van der Waals surface area contributed by atoms with Gasteiger partial charge in [0.25, 0.3) is 5.91 Å². The molecular weight excluding hydrogens is 238 g/mol. The summed E-state index contributed by atoms with van der Waals surface area (Å²) in [5.41, 5.74) is 12.3. The molecule has 2 aromatic rings. The van der Waals surface area contributed by atoms with Gasteiger partial charge in [-0.15, -0.1) is 0 Å². The molecule has 0 atom stereocenters. The Kier molecular flexibility index (Phi) is 2.71. The van der Waals surface area contributed by atoms with E-state index in [1.807, 2.05) is 12.1 Å². The molecule has 0 heterocycles. The second kappa shape index (κ2) is 4.39. The maximum Gasteiger partial charge on any atom is 0.280 e. The Morgan fingerprint density at radius 2 is 1.95 bits per heavy atom. The summed E-state index contributed by atoms with van der Waals surface area (Å²) in [5, 5.41) is 2.27. The van der Waals surface area contributed by atoms with Crippen LogP contribution in [0.3, 0.4) is 0 Å². The SMILES string of the molecule is NC(N)=NC(=O)c1ccc2cccc(C3CC3)c2c1. The Morgan fingerprint density at radius 1 is 1.16 bits per heavy atom. The minimum absolute atomic E-state index is 0.208. The molecule has 3 rings (SSSR count). The number of rotatable bonds is 2. The summed E-state index contributed by atoms with van der Waals surface area (Å²) in [6.45, 7) is 0. The molecule has 0 spiro atoms. The van der Waals surface area contributed by atoms with Crippen molar-refractivity contribution in [3.63, 3.8) is 0 Å². The maximum absolute atomic E-state index is 11.8. The number of carbonyl (C=O) groups excluding carboxylic acids is 1. The molecule has 0 aromatic heterocycles. The van der Waals surface area contributed by atoms with Crippen LogP contribution in [0.5, 0.6) is 0 Å². The molecule has 0 radical (unpaired) electrons. The van der Waals surface area contributed by atoms with Crippen molar-refractivity contribution in [2.45, 2.75) is 18.8 Å². The van der Waals surface area contributed by atoms with Gasteiger partial charge in [0.1, 0.15) is 0 Å². The van der Waals surface area contributed by atoms with E-state index in [2.05, 4.69) is 23.2 Å². The topological polar surface area (TPSA) is 81.5 Å². The molecule has 4 nitrogen and oxygen atoms in total. The molecule has 19 heavy (non-hydrogen) atoms. The van der Waals surface area contributed by atoms with Gasteiger partial charge in [0, 0.05) is 5.56 Å². The number of carbonyl (C=O) groups is 1. The lowest BCUT2D eigenvalue weighted by molar-refractivity contribution is 0.100. The first-order valence-electron chi connectivity index (χ1n) is 6.32. The van der Waals surface area contributed by atoms with E-state index < -0.39 is 5.91 Å². The number of amides is 1. The number of nitrogens with two attached hydrogens (primary N) is 2. The highest BCUT2D eigenvalue weighted by Crippen LogP contribution is 2.43. The Balaban J connectivity index is 2.11. The van der Waals surface area contributed by atoms with E-state index >= 15 is 0 Å². The predicted molar refractivity (Wildman–Crippen MR) is 76.1 cm³/mol. The van der Waals surface area contributed by atoms with Gasteiger partial charge >= 0.3 is 0 Å². The summed E-state index contributed by atoms with van der Waals surface area (Å²) in [4.78, 5) is 15.4. The molecule has 4 N–H and O–H groups in total. The van der Waals surface area contributed by atoms with Crippen LogP contribution in [0.1, 0.15) is 34.7 Å². The molecule has 1 aliphatic rings. The zero-order valence-corrected chi connectivity index (χ0v) is 10.5. The standard InChI is InChI=1S/C15H15N3O/c16-15(17)18-14(19)11-7-6-9-2-1-3-12(10-4-5-10)13(9)8-11/h1-3,6-8,10H,4-5H2,(H4,16,17,18,19). The molecule has 0 saturated heterocycles. The van der Waals surface area contributed by atoms with Crippen LogP contribution in [0, 0.1) is 0 Å². The van der Waals surface area contributed by atoms with E-state index in [0.717, 1.165) is 10.8 Å². The third kappa shape index (κ3) is 2.29. The molecule has 96 valence electrons. The van der Waals surface area contributed by atoms with Crippen molar-refractivity contribution in [3.05, 3.63) is 47.5 Å². The lowest BCUT2D eigenvalue weighted by Crippen LogP contribution is -2.24. The average molecular weight is 253 g/mol. The molecule has 1 fully saturated rings. The molecule has 0 unspecified atom stereocenters. The monoisotopic (exact) mass is 253 g/mol. The van der Waals surface area contributed by atoms with Gasteiger partial charge in [-0.2, -0.15) is 4.99 Å². The number of nitrogens with zero attached hydrogens (tertiary/aromatic N) is 1. The lowest BCUT2D eigenvalue weighted by atomic mass is 9.99. The second-order valence-corrected chi connectivity index (χ2v) is 4.90. The first kappa shape index (κ1) is 11.7. The molecule has 1 saturated carbocycles. The van der Waals surface area contributed by atoms with Crippen molar-refractivity contribution in [3.8, 4) is 0 Å². The summed E-state index contributed by atoms with van der Waals surface area (Å²) in [5.74, 6) is 0.0326. The van der Waals surface area contributed by atoms with Gasteiger partial charge in [-0.1, -0.05) is 24.3 Å². The van der Waals surface area contributed by atoms with Crippen LogP contribution >= 0.6 is 0 Å². The highest BCUT2D eigenvalue weighted by molar-refractivity contribution is 6.04. The first-order valence-corrected chi connectivity index (χ1v) is 6.32. The fraction of sp³-hybridized carbons (Fsp3) is 0.200. The average Bonchev–Trinajstić information content (AvgIpc) is 3.21. The minimum Gasteiger partial charge on any atom is -0.370 e. The summed E-state index contributed by atoms with van der Waals surface area (Å²) in [6, 6.07) is 11.8. The second-order valence-electron chi connectivity index (χ2n) is 4.90. The van der Waals surface area contributed by atoms with Crippen LogP contribution < -0.4 is 11.5 Å². The number of hydrogen-bond acceptors (Lipinski definition) is 1. The molecular formula is C15H15N3O. The number of aliphatic imine (C=N–C) groups is 1. The van der Waals surface area contributed by atoms with Crippen molar-refractivity contribution in [1.29, 1.82) is 0 Å². The lowest BCUT2D eigenvalue weighted by Gasteiger charge is -2.06. The Labute approximate surface area is 111 Å². The summed E-state index contributed by atoms with van der Waals surface area (Å²) in [7, 11) is 0. The van der Waals surface area contributed by atoms with E-state index in [1.165, 1.54) is 18.4 Å². The van der Waals surface area contributed by atoms with E-state index in [-0.39, 0.29) is 5.96 Å². The molecule has 1 aliphatic carbocycles. The smallest absolute Gasteiger partial charge is 0.280 e. The normalized spacial score (nSPS) is 14.3. The van der Waals surface area contributed by atoms with Crippen LogP contribution in [0.4, 0.5) is 0 Å². The van der Waals surface area contributed by atoms with Gasteiger partial charge in [-0.25, -0.2) is 0 Å². The third-order valence-corrected chi connectivity index (χ3v) is 3.41. The predicted octanol–water partition coefficient (Wildman–Crippen LogP) is 2.13. The Bertz CT molecular complexity index is 683. The van der Waals surface area contributed by atoms with E-state index in [9.17, 15) is 4.79 Å². The van der Waals surface area contributed by atoms with Crippen LogP contribution in [0.2, 0.25) is 0 Å². The molecule has 4 heteroatoms. The largest absolute Gasteiger partial charge is 0.370 e. The fourth-order valence-electron chi connectivity index (χ4n) is 2.36. The van der Waals surface area contributed by atoms with Crippen molar-refractivity contribution in [1.82, 2.24) is 0 Å². The highest BCUT2D eigenvalue weighted by atomic mass is 16.1. The molecule has 0 bridgehead atoms. The summed E-state index contributed by atoms with van der Waals surface area (Å²) in [6.07, 6.45) is 2.45. The Morgan fingerprint density at radius 3 is 2.63 bits per heavy atom. The van der Waals surface area contributed by atoms with E-state index in [1.54, 1.807) is 6.07 Å². The Hall–Kier alpha value is -2.36. The zero-order valence-electron chi connectivity index (χ0n) is 10.5. The van der Waals surface area contributed by atoms with Crippen LogP contribution in [0.15, 0.2) is 41.4 Å². The summed E-state index contributed by atoms with van der Waals surface area (Å²) < 4.78 is 0. The summed E-state index contributed by atoms with van der Waals surface area (Å²) >= 11 is 0. The van der Waals surface area contributed by atoms with Gasteiger partial charge in [0.15, 0.2) is 5.96 Å².